The molecule has 0 aromatic heterocycles. The molecule has 0 heterocycles. The summed E-state index contributed by atoms with van der Waals surface area (Å²) in [6.45, 7) is 5.56. The first-order valence-electron chi connectivity index (χ1n) is 8.09. The molecule has 0 unspecified atom stereocenters. The van der Waals surface area contributed by atoms with Crippen molar-refractivity contribution in [3.05, 3.63) is 65.7 Å². The van der Waals surface area contributed by atoms with Gasteiger partial charge in [0.25, 0.3) is 10.0 Å². The molecule has 0 aliphatic heterocycles. The van der Waals surface area contributed by atoms with Crippen LogP contribution in [0.25, 0.3) is 0 Å². The van der Waals surface area contributed by atoms with Crippen LogP contribution in [0.15, 0.2) is 60.0 Å². The molecule has 0 spiro atoms. The number of hydrogen-bond donors (Lipinski definition) is 0. The SMILES string of the molecule is C=CCN(c1cccc(C(=O)OCC)c1)S(=O)(=O)c1ccc(OC)c(Cl)c1. The largest absolute Gasteiger partial charge is 0.495 e. The van der Waals surface area contributed by atoms with Gasteiger partial charge in [-0.15, -0.1) is 6.58 Å². The molecule has 144 valence electrons. The van der Waals surface area contributed by atoms with Crippen LogP contribution in [0.2, 0.25) is 5.02 Å². The standard InChI is InChI=1S/C19H20ClNO5S/c1-4-11-21(15-8-6-7-14(12-15)19(22)26-5-2)27(23,24)16-9-10-18(25-3)17(20)13-16/h4,6-10,12-13H,1,5,11H2,2-3H3. The van der Waals surface area contributed by atoms with Gasteiger partial charge in [-0.3, -0.25) is 4.31 Å². The molecule has 2 aromatic carbocycles. The predicted molar refractivity (Wildman–Crippen MR) is 105 cm³/mol. The number of nitrogens with zero attached hydrogens (tertiary/aromatic N) is 1. The lowest BCUT2D eigenvalue weighted by Crippen LogP contribution is -2.31. The van der Waals surface area contributed by atoms with Crippen molar-refractivity contribution in [1.82, 2.24) is 0 Å². The van der Waals surface area contributed by atoms with Gasteiger partial charge in [-0.1, -0.05) is 23.7 Å². The monoisotopic (exact) mass is 409 g/mol. The number of halogens is 1. The Hall–Kier alpha value is -2.51. The molecule has 0 saturated heterocycles. The molecule has 0 aliphatic rings. The van der Waals surface area contributed by atoms with E-state index in [1.807, 2.05) is 0 Å². The summed E-state index contributed by atoms with van der Waals surface area (Å²) in [5, 5.41) is 0.178. The molecular formula is C19H20ClNO5S. The van der Waals surface area contributed by atoms with E-state index in [1.165, 1.54) is 37.5 Å². The highest BCUT2D eigenvalue weighted by Gasteiger charge is 2.25. The van der Waals surface area contributed by atoms with Crippen LogP contribution in [0.3, 0.4) is 0 Å². The average molecular weight is 410 g/mol. The highest BCUT2D eigenvalue weighted by molar-refractivity contribution is 7.92. The van der Waals surface area contributed by atoms with Gasteiger partial charge in [0.1, 0.15) is 5.75 Å². The lowest BCUT2D eigenvalue weighted by Gasteiger charge is -2.24. The molecule has 0 bridgehead atoms. The summed E-state index contributed by atoms with van der Waals surface area (Å²) in [5.74, 6) is -0.155. The number of carbonyl (C=O) groups excluding carboxylic acids is 1. The van der Waals surface area contributed by atoms with Gasteiger partial charge in [0.05, 0.1) is 41.4 Å². The second kappa shape index (κ2) is 8.92. The number of carbonyl (C=O) groups is 1. The number of hydrogen-bond acceptors (Lipinski definition) is 5. The summed E-state index contributed by atoms with van der Waals surface area (Å²) in [5.41, 5.74) is 0.568. The van der Waals surface area contributed by atoms with Crippen LogP contribution in [-0.4, -0.2) is 34.6 Å². The Bertz CT molecular complexity index is 943. The van der Waals surface area contributed by atoms with Crippen molar-refractivity contribution in [3.8, 4) is 5.75 Å². The molecule has 8 heteroatoms. The smallest absolute Gasteiger partial charge is 0.338 e. The molecular weight excluding hydrogens is 390 g/mol. The quantitative estimate of drug-likeness (QED) is 0.488. The van der Waals surface area contributed by atoms with Crippen LogP contribution < -0.4 is 9.04 Å². The van der Waals surface area contributed by atoms with E-state index in [2.05, 4.69) is 6.58 Å². The summed E-state index contributed by atoms with van der Waals surface area (Å²) in [6.07, 6.45) is 1.46. The summed E-state index contributed by atoms with van der Waals surface area (Å²) in [4.78, 5) is 12.0. The van der Waals surface area contributed by atoms with E-state index < -0.39 is 16.0 Å². The van der Waals surface area contributed by atoms with Crippen LogP contribution in [-0.2, 0) is 14.8 Å². The maximum absolute atomic E-state index is 13.1. The van der Waals surface area contributed by atoms with E-state index in [9.17, 15) is 13.2 Å². The minimum Gasteiger partial charge on any atom is -0.495 e. The van der Waals surface area contributed by atoms with E-state index in [0.29, 0.717) is 11.4 Å². The van der Waals surface area contributed by atoms with Gasteiger partial charge in [-0.2, -0.15) is 0 Å². The third-order valence-electron chi connectivity index (χ3n) is 3.65. The van der Waals surface area contributed by atoms with Crippen LogP contribution in [0.4, 0.5) is 5.69 Å². The third kappa shape index (κ3) is 4.61. The number of sulfonamides is 1. The zero-order chi connectivity index (χ0) is 20.0. The topological polar surface area (TPSA) is 72.9 Å². The molecule has 0 radical (unpaired) electrons. The predicted octanol–water partition coefficient (Wildman–Crippen LogP) is 3.91. The zero-order valence-electron chi connectivity index (χ0n) is 15.0. The van der Waals surface area contributed by atoms with Crippen molar-refractivity contribution in [2.24, 2.45) is 0 Å². The van der Waals surface area contributed by atoms with Gasteiger partial charge in [0.2, 0.25) is 0 Å². The number of anilines is 1. The fraction of sp³-hybridized carbons (Fsp3) is 0.211. The summed E-state index contributed by atoms with van der Waals surface area (Å²) in [6, 6.07) is 10.4. The lowest BCUT2D eigenvalue weighted by atomic mass is 10.2. The van der Waals surface area contributed by atoms with Gasteiger partial charge in [0.15, 0.2) is 0 Å². The molecule has 2 rings (SSSR count). The maximum atomic E-state index is 13.1. The Morgan fingerprint density at radius 1 is 1.26 bits per heavy atom. The maximum Gasteiger partial charge on any atom is 0.338 e. The Balaban J connectivity index is 2.50. The first kappa shape index (κ1) is 20.8. The van der Waals surface area contributed by atoms with Crippen LogP contribution >= 0.6 is 11.6 Å². The third-order valence-corrected chi connectivity index (χ3v) is 5.74. The number of esters is 1. The highest BCUT2D eigenvalue weighted by atomic mass is 35.5. The number of rotatable bonds is 8. The molecule has 0 atom stereocenters. The number of methoxy groups -OCH3 is 1. The summed E-state index contributed by atoms with van der Waals surface area (Å²) < 4.78 is 37.5. The second-order valence-electron chi connectivity index (χ2n) is 5.39. The molecule has 0 N–H and O–H groups in total. The van der Waals surface area contributed by atoms with Crippen LogP contribution in [0.5, 0.6) is 5.75 Å². The number of ether oxygens (including phenoxy) is 2. The molecule has 0 aliphatic carbocycles. The first-order chi connectivity index (χ1) is 12.8. The molecule has 6 nitrogen and oxygen atoms in total. The second-order valence-corrected chi connectivity index (χ2v) is 7.66. The molecule has 0 amide bonds. The normalized spacial score (nSPS) is 10.9. The van der Waals surface area contributed by atoms with E-state index in [4.69, 9.17) is 21.1 Å². The van der Waals surface area contributed by atoms with Crippen molar-refractivity contribution >= 4 is 33.3 Å². The van der Waals surface area contributed by atoms with Gasteiger partial charge in [0, 0.05) is 0 Å². The average Bonchev–Trinajstić information content (AvgIpc) is 2.66. The van der Waals surface area contributed by atoms with Crippen molar-refractivity contribution in [2.45, 2.75) is 11.8 Å². The fourth-order valence-electron chi connectivity index (χ4n) is 2.40. The zero-order valence-corrected chi connectivity index (χ0v) is 16.6. The summed E-state index contributed by atoms with van der Waals surface area (Å²) in [7, 11) is -2.50. The fourth-order valence-corrected chi connectivity index (χ4v) is 4.17. The van der Waals surface area contributed by atoms with Crippen molar-refractivity contribution in [2.75, 3.05) is 24.6 Å². The molecule has 0 fully saturated rings. The Morgan fingerprint density at radius 2 is 2.00 bits per heavy atom. The minimum absolute atomic E-state index is 0.00307. The Morgan fingerprint density at radius 3 is 2.59 bits per heavy atom. The highest BCUT2D eigenvalue weighted by Crippen LogP contribution is 2.30. The number of benzene rings is 2. The minimum atomic E-state index is -3.95. The van der Waals surface area contributed by atoms with Crippen LogP contribution in [0.1, 0.15) is 17.3 Å². The van der Waals surface area contributed by atoms with E-state index in [-0.39, 0.29) is 28.6 Å². The Kier molecular flexibility index (Phi) is 6.87. The van der Waals surface area contributed by atoms with E-state index >= 15 is 0 Å². The van der Waals surface area contributed by atoms with Gasteiger partial charge >= 0.3 is 5.97 Å². The molecule has 2 aromatic rings. The van der Waals surface area contributed by atoms with Crippen LogP contribution in [0, 0.1) is 0 Å². The summed E-state index contributed by atoms with van der Waals surface area (Å²) >= 11 is 6.08. The van der Waals surface area contributed by atoms with E-state index in [0.717, 1.165) is 4.31 Å². The van der Waals surface area contributed by atoms with E-state index in [1.54, 1.807) is 25.1 Å². The van der Waals surface area contributed by atoms with Gasteiger partial charge < -0.3 is 9.47 Å². The van der Waals surface area contributed by atoms with Gasteiger partial charge in [-0.05, 0) is 43.3 Å². The lowest BCUT2D eigenvalue weighted by molar-refractivity contribution is 0.0526. The molecule has 27 heavy (non-hydrogen) atoms. The van der Waals surface area contributed by atoms with Crippen molar-refractivity contribution in [1.29, 1.82) is 0 Å². The van der Waals surface area contributed by atoms with Crippen molar-refractivity contribution in [3.63, 3.8) is 0 Å². The first-order valence-corrected chi connectivity index (χ1v) is 9.91. The molecule has 0 saturated carbocycles. The van der Waals surface area contributed by atoms with Gasteiger partial charge in [-0.25, -0.2) is 13.2 Å². The Labute approximate surface area is 164 Å². The van der Waals surface area contributed by atoms with Crippen molar-refractivity contribution < 1.29 is 22.7 Å².